The molecule has 3 nitrogen and oxygen atoms in total. The Labute approximate surface area is 280 Å². The molecule has 3 heteroatoms. The molecular weight excluding hydrogens is 536 g/mol. The Hall–Kier alpha value is -0.120. The lowest BCUT2D eigenvalue weighted by molar-refractivity contribution is 0.0398. The average Bonchev–Trinajstić information content (AvgIpc) is 3.03. The van der Waals surface area contributed by atoms with Gasteiger partial charge >= 0.3 is 0 Å². The molecule has 0 unspecified atom stereocenters. The molecule has 0 fully saturated rings. The number of hydrogen-bond donors (Lipinski definition) is 1. The summed E-state index contributed by atoms with van der Waals surface area (Å²) in [6.07, 6.45) is 46.1. The summed E-state index contributed by atoms with van der Waals surface area (Å²) in [6, 6.07) is 0. The molecule has 44 heavy (non-hydrogen) atoms. The predicted molar refractivity (Wildman–Crippen MR) is 200 cm³/mol. The SMILES string of the molecule is CCCCCCCCCCCCCCN(CCCCCCCC(CCCCCCCC)CCCCCCCC)CCONC. The molecule has 0 spiro atoms. The Morgan fingerprint density at radius 2 is 0.682 bits per heavy atom. The number of unbranched alkanes of at least 4 members (excludes halogenated alkanes) is 25. The van der Waals surface area contributed by atoms with E-state index in [1.54, 1.807) is 0 Å². The first-order valence-corrected chi connectivity index (χ1v) is 20.8. The van der Waals surface area contributed by atoms with Crippen LogP contribution in [0.5, 0.6) is 0 Å². The van der Waals surface area contributed by atoms with E-state index in [-0.39, 0.29) is 0 Å². The molecule has 1 N–H and O–H groups in total. The van der Waals surface area contributed by atoms with Crippen LogP contribution in [0.1, 0.15) is 226 Å². The summed E-state index contributed by atoms with van der Waals surface area (Å²) in [4.78, 5) is 8.14. The van der Waals surface area contributed by atoms with Gasteiger partial charge in [0.1, 0.15) is 0 Å². The topological polar surface area (TPSA) is 24.5 Å². The Morgan fingerprint density at radius 1 is 0.386 bits per heavy atom. The molecule has 0 radical (unpaired) electrons. The zero-order valence-electron chi connectivity index (χ0n) is 31.4. The van der Waals surface area contributed by atoms with Gasteiger partial charge in [-0.3, -0.25) is 0 Å². The Morgan fingerprint density at radius 3 is 1.00 bits per heavy atom. The summed E-state index contributed by atoms with van der Waals surface area (Å²) in [5, 5.41) is 0. The molecule has 0 bridgehead atoms. The predicted octanol–water partition coefficient (Wildman–Crippen LogP) is 13.6. The number of rotatable bonds is 39. The maximum Gasteiger partial charge on any atom is 0.0809 e. The van der Waals surface area contributed by atoms with E-state index >= 15 is 0 Å². The average molecular weight is 623 g/mol. The van der Waals surface area contributed by atoms with E-state index in [9.17, 15) is 0 Å². The first-order chi connectivity index (χ1) is 21.8. The fourth-order valence-corrected chi connectivity index (χ4v) is 6.95. The molecular formula is C41H86N2O. The van der Waals surface area contributed by atoms with Crippen molar-refractivity contribution in [2.45, 2.75) is 226 Å². The molecule has 0 aliphatic heterocycles. The lowest BCUT2D eigenvalue weighted by Crippen LogP contribution is -2.31. The Balaban J connectivity index is 4.04. The Bertz CT molecular complexity index is 483. The number of nitrogens with zero attached hydrogens (tertiary/aromatic N) is 1. The minimum Gasteiger partial charge on any atom is -0.301 e. The first-order valence-electron chi connectivity index (χ1n) is 20.8. The van der Waals surface area contributed by atoms with Crippen LogP contribution in [0, 0.1) is 5.92 Å². The van der Waals surface area contributed by atoms with Crippen LogP contribution >= 0.6 is 0 Å². The van der Waals surface area contributed by atoms with Gasteiger partial charge in [0.25, 0.3) is 0 Å². The van der Waals surface area contributed by atoms with Crippen molar-refractivity contribution in [3.63, 3.8) is 0 Å². The normalized spacial score (nSPS) is 11.9. The van der Waals surface area contributed by atoms with Crippen molar-refractivity contribution in [3.05, 3.63) is 0 Å². The van der Waals surface area contributed by atoms with Gasteiger partial charge < -0.3 is 9.74 Å². The first kappa shape index (κ1) is 43.9. The second-order valence-corrected chi connectivity index (χ2v) is 14.3. The van der Waals surface area contributed by atoms with E-state index in [0.717, 1.165) is 19.1 Å². The summed E-state index contributed by atoms with van der Waals surface area (Å²) in [7, 11) is 1.88. The largest absolute Gasteiger partial charge is 0.301 e. The Kier molecular flexibility index (Phi) is 39.0. The zero-order valence-corrected chi connectivity index (χ0v) is 31.4. The van der Waals surface area contributed by atoms with Crippen LogP contribution in [0.3, 0.4) is 0 Å². The maximum atomic E-state index is 5.47. The summed E-state index contributed by atoms with van der Waals surface area (Å²) >= 11 is 0. The quantitative estimate of drug-likeness (QED) is 0.0545. The molecule has 0 aliphatic rings. The zero-order chi connectivity index (χ0) is 32.0. The molecule has 0 aliphatic carbocycles. The highest BCUT2D eigenvalue weighted by atomic mass is 16.6. The van der Waals surface area contributed by atoms with Crippen LogP contribution in [-0.2, 0) is 4.84 Å². The maximum absolute atomic E-state index is 5.47. The second-order valence-electron chi connectivity index (χ2n) is 14.3. The molecule has 0 aromatic heterocycles. The molecule has 0 aromatic carbocycles. The molecule has 0 heterocycles. The van der Waals surface area contributed by atoms with Gasteiger partial charge in [0.2, 0.25) is 0 Å². The van der Waals surface area contributed by atoms with Gasteiger partial charge in [-0.15, -0.1) is 0 Å². The number of nitrogens with one attached hydrogen (secondary N) is 1. The lowest BCUT2D eigenvalue weighted by Gasteiger charge is -2.22. The molecule has 266 valence electrons. The van der Waals surface area contributed by atoms with Crippen LogP contribution in [0.25, 0.3) is 0 Å². The second kappa shape index (κ2) is 39.1. The van der Waals surface area contributed by atoms with Crippen LogP contribution in [0.4, 0.5) is 0 Å². The standard InChI is InChI=1S/C41H86N2O/c1-5-8-11-14-17-18-19-20-21-22-27-32-37-43(39-40-44-42-4)38-33-28-23-26-31-36-41(34-29-24-15-12-9-6-2)35-30-25-16-13-10-7-3/h41-42H,5-40H2,1-4H3. The van der Waals surface area contributed by atoms with Crippen molar-refractivity contribution in [1.29, 1.82) is 0 Å². The van der Waals surface area contributed by atoms with Gasteiger partial charge in [-0.1, -0.05) is 213 Å². The molecule has 0 atom stereocenters. The van der Waals surface area contributed by atoms with Crippen molar-refractivity contribution < 1.29 is 4.84 Å². The molecule has 0 saturated heterocycles. The van der Waals surface area contributed by atoms with Crippen molar-refractivity contribution >= 4 is 0 Å². The molecule has 0 aromatic rings. The van der Waals surface area contributed by atoms with Gasteiger partial charge in [0.05, 0.1) is 6.61 Å². The van der Waals surface area contributed by atoms with Gasteiger partial charge in [0, 0.05) is 13.6 Å². The van der Waals surface area contributed by atoms with Crippen molar-refractivity contribution in [3.8, 4) is 0 Å². The highest BCUT2D eigenvalue weighted by molar-refractivity contribution is 4.63. The van der Waals surface area contributed by atoms with E-state index in [4.69, 9.17) is 4.84 Å². The van der Waals surface area contributed by atoms with E-state index < -0.39 is 0 Å². The smallest absolute Gasteiger partial charge is 0.0809 e. The lowest BCUT2D eigenvalue weighted by atomic mass is 9.89. The molecule has 0 saturated carbocycles. The minimum atomic E-state index is 0.799. The van der Waals surface area contributed by atoms with Crippen LogP contribution in [0.15, 0.2) is 0 Å². The van der Waals surface area contributed by atoms with Crippen LogP contribution in [-0.4, -0.2) is 38.2 Å². The fraction of sp³-hybridized carbons (Fsp3) is 1.00. The molecule has 0 amide bonds. The monoisotopic (exact) mass is 623 g/mol. The molecule has 0 rings (SSSR count). The third-order valence-corrected chi connectivity index (χ3v) is 10.0. The van der Waals surface area contributed by atoms with Crippen molar-refractivity contribution in [2.24, 2.45) is 5.92 Å². The van der Waals surface area contributed by atoms with E-state index in [1.807, 2.05) is 7.05 Å². The fourth-order valence-electron chi connectivity index (χ4n) is 6.95. The number of hydroxylamine groups is 1. The third-order valence-electron chi connectivity index (χ3n) is 10.0. The van der Waals surface area contributed by atoms with Gasteiger partial charge in [0.15, 0.2) is 0 Å². The van der Waals surface area contributed by atoms with Crippen molar-refractivity contribution in [2.75, 3.05) is 33.3 Å². The van der Waals surface area contributed by atoms with Gasteiger partial charge in [-0.05, 0) is 31.8 Å². The summed E-state index contributed by atoms with van der Waals surface area (Å²) in [6.45, 7) is 11.3. The van der Waals surface area contributed by atoms with E-state index in [0.29, 0.717) is 0 Å². The number of hydrogen-bond acceptors (Lipinski definition) is 3. The minimum absolute atomic E-state index is 0.799. The summed E-state index contributed by atoms with van der Waals surface area (Å²) in [5.74, 6) is 1.01. The van der Waals surface area contributed by atoms with Crippen molar-refractivity contribution in [1.82, 2.24) is 10.4 Å². The van der Waals surface area contributed by atoms with Gasteiger partial charge in [-0.25, -0.2) is 5.48 Å². The van der Waals surface area contributed by atoms with E-state index in [2.05, 4.69) is 31.2 Å². The van der Waals surface area contributed by atoms with Crippen LogP contribution in [0.2, 0.25) is 0 Å². The van der Waals surface area contributed by atoms with E-state index in [1.165, 1.54) is 219 Å². The highest BCUT2D eigenvalue weighted by Gasteiger charge is 2.09. The highest BCUT2D eigenvalue weighted by Crippen LogP contribution is 2.25. The van der Waals surface area contributed by atoms with Gasteiger partial charge in [-0.2, -0.15) is 0 Å². The van der Waals surface area contributed by atoms with Crippen LogP contribution < -0.4 is 5.48 Å². The third kappa shape index (κ3) is 34.7. The summed E-state index contributed by atoms with van der Waals surface area (Å²) < 4.78 is 0. The summed E-state index contributed by atoms with van der Waals surface area (Å²) in [5.41, 5.74) is 2.86.